The van der Waals surface area contributed by atoms with E-state index in [1.807, 2.05) is 6.92 Å². The van der Waals surface area contributed by atoms with Gasteiger partial charge in [0.05, 0.1) is 18.8 Å². The third-order valence-corrected chi connectivity index (χ3v) is 3.14. The molecule has 0 radical (unpaired) electrons. The SMILES string of the molecule is CCCN(CC(=O)Nc1ccc(F)c(F)c1F)Cc1nnc(C)o1. The van der Waals surface area contributed by atoms with Crippen LogP contribution in [-0.4, -0.2) is 34.1 Å². The number of nitrogens with one attached hydrogen (secondary N) is 1. The normalized spacial score (nSPS) is 11.1. The van der Waals surface area contributed by atoms with Crippen LogP contribution in [-0.2, 0) is 11.3 Å². The van der Waals surface area contributed by atoms with E-state index in [9.17, 15) is 18.0 Å². The molecule has 1 aromatic heterocycles. The highest BCUT2D eigenvalue weighted by atomic mass is 19.2. The number of nitrogens with zero attached hydrogens (tertiary/aromatic N) is 3. The first kappa shape index (κ1) is 17.9. The molecule has 0 bridgehead atoms. The molecule has 1 amide bonds. The van der Waals surface area contributed by atoms with Crippen LogP contribution in [0.15, 0.2) is 16.5 Å². The fourth-order valence-electron chi connectivity index (χ4n) is 2.14. The maximum absolute atomic E-state index is 13.6. The highest BCUT2D eigenvalue weighted by Gasteiger charge is 2.18. The minimum atomic E-state index is -1.63. The first-order chi connectivity index (χ1) is 11.4. The Kier molecular flexibility index (Phi) is 5.91. The monoisotopic (exact) mass is 342 g/mol. The van der Waals surface area contributed by atoms with Crippen molar-refractivity contribution in [3.8, 4) is 0 Å². The first-order valence-corrected chi connectivity index (χ1v) is 7.35. The zero-order valence-electron chi connectivity index (χ0n) is 13.3. The molecular weight excluding hydrogens is 325 g/mol. The molecule has 24 heavy (non-hydrogen) atoms. The van der Waals surface area contributed by atoms with Crippen LogP contribution in [0.3, 0.4) is 0 Å². The van der Waals surface area contributed by atoms with Gasteiger partial charge in [-0.3, -0.25) is 9.69 Å². The summed E-state index contributed by atoms with van der Waals surface area (Å²) in [5.74, 6) is -4.17. The standard InChI is InChI=1S/C15H17F3N4O2/c1-3-6-22(8-13-21-20-9(2)24-13)7-12(23)19-11-5-4-10(16)14(17)15(11)18/h4-5H,3,6-8H2,1-2H3,(H,19,23). The minimum Gasteiger partial charge on any atom is -0.424 e. The van der Waals surface area contributed by atoms with E-state index in [4.69, 9.17) is 4.42 Å². The molecule has 0 atom stereocenters. The van der Waals surface area contributed by atoms with Crippen LogP contribution < -0.4 is 5.32 Å². The molecule has 0 spiro atoms. The number of anilines is 1. The molecule has 2 aromatic rings. The summed E-state index contributed by atoms with van der Waals surface area (Å²) >= 11 is 0. The smallest absolute Gasteiger partial charge is 0.238 e. The van der Waals surface area contributed by atoms with Gasteiger partial charge in [0.15, 0.2) is 17.5 Å². The quantitative estimate of drug-likeness (QED) is 0.783. The van der Waals surface area contributed by atoms with Crippen molar-refractivity contribution in [1.82, 2.24) is 15.1 Å². The molecule has 0 saturated carbocycles. The number of hydrogen-bond donors (Lipinski definition) is 1. The molecule has 6 nitrogen and oxygen atoms in total. The Morgan fingerprint density at radius 2 is 2.00 bits per heavy atom. The lowest BCUT2D eigenvalue weighted by atomic mass is 10.2. The van der Waals surface area contributed by atoms with E-state index in [0.717, 1.165) is 18.6 Å². The van der Waals surface area contributed by atoms with Crippen molar-refractivity contribution in [1.29, 1.82) is 0 Å². The summed E-state index contributed by atoms with van der Waals surface area (Å²) in [5, 5.41) is 9.79. The maximum atomic E-state index is 13.6. The molecule has 0 aliphatic heterocycles. The molecule has 1 N–H and O–H groups in total. The van der Waals surface area contributed by atoms with Crippen LogP contribution in [0, 0.1) is 24.4 Å². The third-order valence-electron chi connectivity index (χ3n) is 3.14. The average molecular weight is 342 g/mol. The number of carbonyl (C=O) groups is 1. The van der Waals surface area contributed by atoms with Crippen LogP contribution >= 0.6 is 0 Å². The van der Waals surface area contributed by atoms with E-state index in [1.165, 1.54) is 0 Å². The highest BCUT2D eigenvalue weighted by Crippen LogP contribution is 2.19. The Morgan fingerprint density at radius 3 is 2.62 bits per heavy atom. The summed E-state index contributed by atoms with van der Waals surface area (Å²) in [6, 6.07) is 1.72. The van der Waals surface area contributed by atoms with Gasteiger partial charge in [0.1, 0.15) is 0 Å². The Morgan fingerprint density at radius 1 is 1.25 bits per heavy atom. The highest BCUT2D eigenvalue weighted by molar-refractivity contribution is 5.92. The minimum absolute atomic E-state index is 0.0896. The number of aromatic nitrogens is 2. The number of amides is 1. The molecule has 0 saturated heterocycles. The third kappa shape index (κ3) is 4.54. The molecule has 1 aromatic carbocycles. The molecule has 2 rings (SSSR count). The lowest BCUT2D eigenvalue weighted by molar-refractivity contribution is -0.117. The number of rotatable bonds is 7. The number of benzene rings is 1. The zero-order chi connectivity index (χ0) is 17.7. The number of hydrogen-bond acceptors (Lipinski definition) is 5. The molecule has 0 aliphatic carbocycles. The van der Waals surface area contributed by atoms with Crippen molar-refractivity contribution in [3.05, 3.63) is 41.4 Å². The molecule has 0 fully saturated rings. The van der Waals surface area contributed by atoms with E-state index >= 15 is 0 Å². The molecule has 0 aliphatic rings. The second-order valence-corrected chi connectivity index (χ2v) is 5.20. The zero-order valence-corrected chi connectivity index (χ0v) is 13.3. The van der Waals surface area contributed by atoms with Crippen LogP contribution in [0.1, 0.15) is 25.1 Å². The lowest BCUT2D eigenvalue weighted by Crippen LogP contribution is -2.33. The topological polar surface area (TPSA) is 71.3 Å². The number of halogens is 3. The second-order valence-electron chi connectivity index (χ2n) is 5.20. The van der Waals surface area contributed by atoms with Gasteiger partial charge in [-0.15, -0.1) is 10.2 Å². The van der Waals surface area contributed by atoms with E-state index in [-0.39, 0.29) is 13.1 Å². The van der Waals surface area contributed by atoms with Crippen LogP contribution in [0.25, 0.3) is 0 Å². The fourth-order valence-corrected chi connectivity index (χ4v) is 2.14. The van der Waals surface area contributed by atoms with Crippen molar-refractivity contribution in [2.75, 3.05) is 18.4 Å². The summed E-state index contributed by atoms with van der Waals surface area (Å²) in [5.41, 5.74) is -0.413. The van der Waals surface area contributed by atoms with Gasteiger partial charge in [-0.2, -0.15) is 0 Å². The second kappa shape index (κ2) is 7.91. The van der Waals surface area contributed by atoms with Gasteiger partial charge in [-0.05, 0) is 25.1 Å². The van der Waals surface area contributed by atoms with Gasteiger partial charge in [-0.1, -0.05) is 6.92 Å². The maximum Gasteiger partial charge on any atom is 0.238 e. The van der Waals surface area contributed by atoms with Crippen molar-refractivity contribution >= 4 is 11.6 Å². The van der Waals surface area contributed by atoms with Crippen LogP contribution in [0.2, 0.25) is 0 Å². The van der Waals surface area contributed by atoms with E-state index in [2.05, 4.69) is 15.5 Å². The lowest BCUT2D eigenvalue weighted by Gasteiger charge is -2.19. The summed E-state index contributed by atoms with van der Waals surface area (Å²) in [6.45, 7) is 4.31. The van der Waals surface area contributed by atoms with Crippen molar-refractivity contribution in [2.45, 2.75) is 26.8 Å². The largest absolute Gasteiger partial charge is 0.424 e. The molecule has 130 valence electrons. The summed E-state index contributed by atoms with van der Waals surface area (Å²) in [6.07, 6.45) is 0.764. The van der Waals surface area contributed by atoms with Crippen molar-refractivity contribution < 1.29 is 22.4 Å². The Bertz CT molecular complexity index is 721. The van der Waals surface area contributed by atoms with Gasteiger partial charge in [0.25, 0.3) is 0 Å². The Hall–Kier alpha value is -2.42. The predicted molar refractivity (Wildman–Crippen MR) is 79.5 cm³/mol. The van der Waals surface area contributed by atoms with Crippen molar-refractivity contribution in [2.24, 2.45) is 0 Å². The van der Waals surface area contributed by atoms with Gasteiger partial charge < -0.3 is 9.73 Å². The van der Waals surface area contributed by atoms with Gasteiger partial charge in [0, 0.05) is 6.92 Å². The summed E-state index contributed by atoms with van der Waals surface area (Å²) in [4.78, 5) is 13.8. The predicted octanol–water partition coefficient (Wildman–Crippen LogP) is 2.65. The van der Waals surface area contributed by atoms with E-state index in [1.54, 1.807) is 11.8 Å². The fraction of sp³-hybridized carbons (Fsp3) is 0.400. The number of carbonyl (C=O) groups excluding carboxylic acids is 1. The average Bonchev–Trinajstić information content (AvgIpc) is 2.93. The van der Waals surface area contributed by atoms with E-state index < -0.39 is 29.0 Å². The van der Waals surface area contributed by atoms with Crippen LogP contribution in [0.4, 0.5) is 18.9 Å². The molecule has 1 heterocycles. The first-order valence-electron chi connectivity index (χ1n) is 7.35. The molecular formula is C15H17F3N4O2. The number of aryl methyl sites for hydroxylation is 1. The Labute approximate surface area is 136 Å². The van der Waals surface area contributed by atoms with Gasteiger partial charge in [0.2, 0.25) is 17.7 Å². The molecule has 0 unspecified atom stereocenters. The van der Waals surface area contributed by atoms with Gasteiger partial charge in [-0.25, -0.2) is 13.2 Å². The van der Waals surface area contributed by atoms with Gasteiger partial charge >= 0.3 is 0 Å². The molecule has 9 heteroatoms. The van der Waals surface area contributed by atoms with E-state index in [0.29, 0.717) is 18.3 Å². The summed E-state index contributed by atoms with van der Waals surface area (Å²) < 4.78 is 44.9. The Balaban J connectivity index is 2.01. The summed E-state index contributed by atoms with van der Waals surface area (Å²) in [7, 11) is 0. The van der Waals surface area contributed by atoms with Crippen molar-refractivity contribution in [3.63, 3.8) is 0 Å². The van der Waals surface area contributed by atoms with Crippen LogP contribution in [0.5, 0.6) is 0 Å².